The molecule has 1 aromatic rings. The second kappa shape index (κ2) is 9.45. The molecule has 1 amide bonds. The van der Waals surface area contributed by atoms with E-state index in [1.807, 2.05) is 29.2 Å². The fourth-order valence-electron chi connectivity index (χ4n) is 5.15. The van der Waals surface area contributed by atoms with Gasteiger partial charge in [-0.25, -0.2) is 8.42 Å². The Hall–Kier alpha value is -1.31. The molecule has 0 radical (unpaired) electrons. The van der Waals surface area contributed by atoms with E-state index in [1.165, 1.54) is 6.42 Å². The maximum Gasteiger partial charge on any atom is 0.237 e. The Balaban J connectivity index is 1.37. The number of hydrogen-bond donors (Lipinski definition) is 0. The summed E-state index contributed by atoms with van der Waals surface area (Å²) in [7, 11) is -3.01. The summed E-state index contributed by atoms with van der Waals surface area (Å²) in [5.74, 6) is 0.469. The molecule has 0 spiro atoms. The van der Waals surface area contributed by atoms with Gasteiger partial charge in [-0.3, -0.25) is 9.69 Å². The Morgan fingerprint density at radius 1 is 0.967 bits per heavy atom. The smallest absolute Gasteiger partial charge is 0.237 e. The number of nitrogens with zero attached hydrogens (tertiary/aromatic N) is 3. The van der Waals surface area contributed by atoms with Crippen LogP contribution in [0.2, 0.25) is 5.02 Å². The van der Waals surface area contributed by atoms with Crippen LogP contribution in [0.5, 0.6) is 0 Å². The van der Waals surface area contributed by atoms with E-state index in [0.717, 1.165) is 62.6 Å². The topological polar surface area (TPSA) is 60.9 Å². The molecule has 1 aliphatic carbocycles. The van der Waals surface area contributed by atoms with E-state index in [0.29, 0.717) is 13.0 Å². The van der Waals surface area contributed by atoms with Crippen molar-refractivity contribution in [1.29, 1.82) is 0 Å². The molecule has 0 aromatic heterocycles. The van der Waals surface area contributed by atoms with Gasteiger partial charge in [-0.1, -0.05) is 30.9 Å². The van der Waals surface area contributed by atoms with Crippen LogP contribution in [0.1, 0.15) is 38.5 Å². The lowest BCUT2D eigenvalue weighted by Gasteiger charge is -2.41. The molecular formula is C22H32ClN3O3S. The lowest BCUT2D eigenvalue weighted by Crippen LogP contribution is -2.54. The van der Waals surface area contributed by atoms with Gasteiger partial charge in [0, 0.05) is 49.0 Å². The third kappa shape index (κ3) is 5.29. The van der Waals surface area contributed by atoms with Crippen LogP contribution in [0.25, 0.3) is 0 Å². The van der Waals surface area contributed by atoms with Gasteiger partial charge in [-0.05, 0) is 43.5 Å². The van der Waals surface area contributed by atoms with Crippen molar-refractivity contribution in [2.24, 2.45) is 0 Å². The summed E-state index contributed by atoms with van der Waals surface area (Å²) in [4.78, 5) is 19.9. The number of hydrogen-bond acceptors (Lipinski definition) is 5. The largest absolute Gasteiger partial charge is 0.369 e. The maximum atomic E-state index is 13.4. The van der Waals surface area contributed by atoms with E-state index in [4.69, 9.17) is 11.6 Å². The van der Waals surface area contributed by atoms with Crippen molar-refractivity contribution in [1.82, 2.24) is 9.80 Å². The average molecular weight is 454 g/mol. The van der Waals surface area contributed by atoms with E-state index >= 15 is 0 Å². The van der Waals surface area contributed by atoms with Crippen molar-refractivity contribution >= 4 is 33.0 Å². The normalized spacial score (nSPS) is 25.4. The van der Waals surface area contributed by atoms with Gasteiger partial charge in [0.2, 0.25) is 5.91 Å². The number of amides is 1. The standard InChI is InChI=1S/C22H32ClN3O3S/c23-18-6-8-19(9-7-18)25-13-11-24(12-14-25)16-22(27)26(20-4-2-1-3-5-20)21-10-15-30(28,29)17-21/h6-9,20-21H,1-5,10-17H2. The molecular weight excluding hydrogens is 422 g/mol. The zero-order chi connectivity index (χ0) is 21.1. The number of anilines is 1. The van der Waals surface area contributed by atoms with Crippen molar-refractivity contribution in [3.63, 3.8) is 0 Å². The van der Waals surface area contributed by atoms with Crippen LogP contribution in [0, 0.1) is 0 Å². The Bertz CT molecular complexity index is 832. The molecule has 1 saturated carbocycles. The summed E-state index contributed by atoms with van der Waals surface area (Å²) in [6.07, 6.45) is 6.09. The van der Waals surface area contributed by atoms with Gasteiger partial charge in [-0.15, -0.1) is 0 Å². The molecule has 4 rings (SSSR count). The molecule has 0 N–H and O–H groups in total. The SMILES string of the molecule is O=C(CN1CCN(c2ccc(Cl)cc2)CC1)N(C1CCCCC1)C1CCS(=O)(=O)C1. The van der Waals surface area contributed by atoms with E-state index in [1.54, 1.807) is 0 Å². The number of carbonyl (C=O) groups excluding carboxylic acids is 1. The van der Waals surface area contributed by atoms with E-state index < -0.39 is 9.84 Å². The van der Waals surface area contributed by atoms with Crippen LogP contribution in [0.4, 0.5) is 5.69 Å². The molecule has 30 heavy (non-hydrogen) atoms. The molecule has 2 aliphatic heterocycles. The van der Waals surface area contributed by atoms with E-state index in [2.05, 4.69) is 9.80 Å². The number of piperazine rings is 1. The van der Waals surface area contributed by atoms with Crippen LogP contribution in [-0.2, 0) is 14.6 Å². The van der Waals surface area contributed by atoms with E-state index in [-0.39, 0.29) is 29.5 Å². The Morgan fingerprint density at radius 3 is 2.23 bits per heavy atom. The van der Waals surface area contributed by atoms with Crippen LogP contribution in [0.15, 0.2) is 24.3 Å². The highest BCUT2D eigenvalue weighted by Gasteiger charge is 2.39. The minimum Gasteiger partial charge on any atom is -0.369 e. The third-order valence-corrected chi connectivity index (χ3v) is 8.78. The molecule has 2 saturated heterocycles. The highest BCUT2D eigenvalue weighted by molar-refractivity contribution is 7.91. The van der Waals surface area contributed by atoms with Gasteiger partial charge in [0.15, 0.2) is 9.84 Å². The number of benzene rings is 1. The first-order valence-corrected chi connectivity index (χ1v) is 13.4. The summed E-state index contributed by atoms with van der Waals surface area (Å²) in [6, 6.07) is 7.96. The summed E-state index contributed by atoms with van der Waals surface area (Å²) in [5, 5.41) is 0.736. The van der Waals surface area contributed by atoms with Crippen molar-refractivity contribution < 1.29 is 13.2 Å². The average Bonchev–Trinajstić information content (AvgIpc) is 3.09. The molecule has 2 heterocycles. The monoisotopic (exact) mass is 453 g/mol. The summed E-state index contributed by atoms with van der Waals surface area (Å²) in [6.45, 7) is 3.79. The van der Waals surface area contributed by atoms with Gasteiger partial charge in [0.25, 0.3) is 0 Å². The van der Waals surface area contributed by atoms with Gasteiger partial charge in [-0.2, -0.15) is 0 Å². The highest BCUT2D eigenvalue weighted by Crippen LogP contribution is 2.29. The molecule has 1 aromatic carbocycles. The van der Waals surface area contributed by atoms with Crippen molar-refractivity contribution in [3.05, 3.63) is 29.3 Å². The first-order chi connectivity index (χ1) is 14.4. The van der Waals surface area contributed by atoms with Crippen LogP contribution >= 0.6 is 11.6 Å². The number of halogens is 1. The van der Waals surface area contributed by atoms with Gasteiger partial charge in [0.1, 0.15) is 0 Å². The first kappa shape index (κ1) is 21.9. The molecule has 1 atom stereocenters. The maximum absolute atomic E-state index is 13.4. The minimum absolute atomic E-state index is 0.115. The summed E-state index contributed by atoms with van der Waals surface area (Å²) in [5.41, 5.74) is 1.16. The Kier molecular flexibility index (Phi) is 6.90. The molecule has 166 valence electrons. The van der Waals surface area contributed by atoms with E-state index in [9.17, 15) is 13.2 Å². The zero-order valence-corrected chi connectivity index (χ0v) is 19.1. The van der Waals surface area contributed by atoms with Gasteiger partial charge < -0.3 is 9.80 Å². The summed E-state index contributed by atoms with van der Waals surface area (Å²) < 4.78 is 24.1. The molecule has 3 aliphatic rings. The van der Waals surface area contributed by atoms with Crippen molar-refractivity contribution in [2.75, 3.05) is 49.1 Å². The zero-order valence-electron chi connectivity index (χ0n) is 17.5. The van der Waals surface area contributed by atoms with Crippen LogP contribution < -0.4 is 4.90 Å². The second-order valence-electron chi connectivity index (χ2n) is 8.89. The van der Waals surface area contributed by atoms with Crippen molar-refractivity contribution in [3.8, 4) is 0 Å². The highest BCUT2D eigenvalue weighted by atomic mass is 35.5. The Morgan fingerprint density at radius 2 is 1.63 bits per heavy atom. The molecule has 8 heteroatoms. The third-order valence-electron chi connectivity index (χ3n) is 6.78. The second-order valence-corrected chi connectivity index (χ2v) is 11.6. The number of sulfone groups is 1. The Labute approximate surface area is 185 Å². The van der Waals surface area contributed by atoms with Crippen LogP contribution in [-0.4, -0.2) is 80.4 Å². The summed E-state index contributed by atoms with van der Waals surface area (Å²) >= 11 is 5.99. The number of carbonyl (C=O) groups is 1. The molecule has 0 bridgehead atoms. The lowest BCUT2D eigenvalue weighted by molar-refractivity contribution is -0.137. The molecule has 6 nitrogen and oxygen atoms in total. The lowest BCUT2D eigenvalue weighted by atomic mass is 9.92. The fourth-order valence-corrected chi connectivity index (χ4v) is 6.99. The molecule has 3 fully saturated rings. The van der Waals surface area contributed by atoms with Crippen LogP contribution in [0.3, 0.4) is 0 Å². The minimum atomic E-state index is -3.01. The molecule has 1 unspecified atom stereocenters. The van der Waals surface area contributed by atoms with Gasteiger partial charge in [0.05, 0.1) is 18.1 Å². The fraction of sp³-hybridized carbons (Fsp3) is 0.682. The number of rotatable bonds is 5. The van der Waals surface area contributed by atoms with Crippen molar-refractivity contribution in [2.45, 2.75) is 50.6 Å². The van der Waals surface area contributed by atoms with Gasteiger partial charge >= 0.3 is 0 Å². The predicted octanol–water partition coefficient (Wildman–Crippen LogP) is 2.81. The predicted molar refractivity (Wildman–Crippen MR) is 121 cm³/mol. The first-order valence-electron chi connectivity index (χ1n) is 11.2. The quantitative estimate of drug-likeness (QED) is 0.686.